The lowest BCUT2D eigenvalue weighted by molar-refractivity contribution is -0.141. The van der Waals surface area contributed by atoms with Crippen molar-refractivity contribution in [3.8, 4) is 0 Å². The molecule has 2 aliphatic heterocycles. The number of carbonyl (C=O) groups excluding carboxylic acids is 4. The molecule has 23 heavy (non-hydrogen) atoms. The Bertz CT molecular complexity index is 513. The van der Waals surface area contributed by atoms with Gasteiger partial charge >= 0.3 is 0 Å². The largest absolute Gasteiger partial charge is 0.350 e. The molecule has 2 aliphatic rings. The Morgan fingerprint density at radius 2 is 1.83 bits per heavy atom. The first-order valence-electron chi connectivity index (χ1n) is 7.71. The summed E-state index contributed by atoms with van der Waals surface area (Å²) in [7, 11) is 0. The quantitative estimate of drug-likeness (QED) is 0.745. The molecule has 0 aromatic heterocycles. The van der Waals surface area contributed by atoms with Crippen LogP contribution in [0.2, 0.25) is 0 Å². The van der Waals surface area contributed by atoms with E-state index < -0.39 is 6.04 Å². The van der Waals surface area contributed by atoms with E-state index >= 15 is 0 Å². The lowest BCUT2D eigenvalue weighted by Gasteiger charge is -2.28. The fourth-order valence-corrected chi connectivity index (χ4v) is 3.76. The Morgan fingerprint density at radius 3 is 2.39 bits per heavy atom. The minimum Gasteiger partial charge on any atom is -0.350 e. The lowest BCUT2D eigenvalue weighted by atomic mass is 10.1. The van der Waals surface area contributed by atoms with E-state index in [2.05, 4.69) is 5.32 Å². The van der Waals surface area contributed by atoms with Gasteiger partial charge in [-0.3, -0.25) is 24.1 Å². The zero-order valence-corrected chi connectivity index (χ0v) is 14.6. The predicted octanol–water partition coefficient (Wildman–Crippen LogP) is 0.342. The van der Waals surface area contributed by atoms with Crippen LogP contribution in [0.4, 0.5) is 0 Å². The summed E-state index contributed by atoms with van der Waals surface area (Å²) in [4.78, 5) is 50.5. The first-order valence-corrected chi connectivity index (χ1v) is 8.87. The summed E-state index contributed by atoms with van der Waals surface area (Å²) in [6.07, 6.45) is 0.518. The van der Waals surface area contributed by atoms with Gasteiger partial charge in [-0.1, -0.05) is 0 Å². The number of nitrogens with one attached hydrogen (secondary N) is 1. The van der Waals surface area contributed by atoms with Crippen LogP contribution < -0.4 is 5.32 Å². The maximum atomic E-state index is 12.4. The van der Waals surface area contributed by atoms with E-state index in [4.69, 9.17) is 0 Å². The van der Waals surface area contributed by atoms with Gasteiger partial charge in [-0.15, -0.1) is 11.8 Å². The summed E-state index contributed by atoms with van der Waals surface area (Å²) in [6, 6.07) is -0.489. The van der Waals surface area contributed by atoms with Crippen molar-refractivity contribution in [2.24, 2.45) is 0 Å². The molecule has 0 aromatic rings. The second-order valence-corrected chi connectivity index (χ2v) is 7.81. The molecule has 0 unspecified atom stereocenters. The molecule has 128 valence electrons. The third-order valence-electron chi connectivity index (χ3n) is 3.71. The number of hydrogen-bond donors (Lipinski definition) is 1. The third kappa shape index (κ3) is 4.46. The van der Waals surface area contributed by atoms with E-state index in [1.54, 1.807) is 0 Å². The second kappa shape index (κ2) is 6.90. The van der Waals surface area contributed by atoms with E-state index in [1.807, 2.05) is 20.8 Å². The Balaban J connectivity index is 1.91. The number of imide groups is 1. The van der Waals surface area contributed by atoms with Gasteiger partial charge in [-0.05, 0) is 20.8 Å². The van der Waals surface area contributed by atoms with E-state index in [0.29, 0.717) is 11.6 Å². The molecular formula is C15H23N3O4S. The van der Waals surface area contributed by atoms with Crippen LogP contribution in [0, 0.1) is 0 Å². The summed E-state index contributed by atoms with van der Waals surface area (Å²) < 4.78 is 0. The van der Waals surface area contributed by atoms with Gasteiger partial charge in [0.25, 0.3) is 0 Å². The first kappa shape index (κ1) is 17.8. The minimum atomic E-state index is -0.489. The van der Waals surface area contributed by atoms with Crippen molar-refractivity contribution in [2.75, 3.05) is 18.2 Å². The van der Waals surface area contributed by atoms with Crippen LogP contribution in [0.3, 0.4) is 0 Å². The Kier molecular flexibility index (Phi) is 5.33. The molecule has 0 spiro atoms. The van der Waals surface area contributed by atoms with E-state index in [9.17, 15) is 19.2 Å². The maximum Gasteiger partial charge on any atom is 0.244 e. The zero-order chi connectivity index (χ0) is 17.2. The highest BCUT2D eigenvalue weighted by Gasteiger charge is 2.36. The van der Waals surface area contributed by atoms with Gasteiger partial charge in [0.15, 0.2) is 0 Å². The van der Waals surface area contributed by atoms with Crippen LogP contribution in [0.15, 0.2) is 0 Å². The average Bonchev–Trinajstić information content (AvgIpc) is 3.03. The van der Waals surface area contributed by atoms with Crippen molar-refractivity contribution in [2.45, 2.75) is 51.6 Å². The number of amides is 4. The number of carbonyl (C=O) groups is 4. The lowest BCUT2D eigenvalue weighted by Crippen LogP contribution is -2.52. The van der Waals surface area contributed by atoms with Crippen molar-refractivity contribution >= 4 is 35.4 Å². The van der Waals surface area contributed by atoms with Crippen LogP contribution in [0.25, 0.3) is 0 Å². The zero-order valence-electron chi connectivity index (χ0n) is 13.8. The Labute approximate surface area is 140 Å². The smallest absolute Gasteiger partial charge is 0.244 e. The number of nitrogens with zero attached hydrogens (tertiary/aromatic N) is 2. The minimum absolute atomic E-state index is 0.0668. The molecule has 1 N–H and O–H groups in total. The summed E-state index contributed by atoms with van der Waals surface area (Å²) in [5.41, 5.74) is -0.354. The van der Waals surface area contributed by atoms with Crippen LogP contribution in [0.1, 0.15) is 40.0 Å². The standard InChI is InChI=1S/C15H23N3O4S/c1-15(2,3)16-14(22)10-8-23-9-18(10)13(21)6-7-17-11(19)4-5-12(17)20/h10H,4-9H2,1-3H3,(H,16,22)/t10-/m0/s1. The molecule has 0 bridgehead atoms. The fourth-order valence-electron chi connectivity index (χ4n) is 2.58. The molecule has 8 heteroatoms. The van der Waals surface area contributed by atoms with Crippen LogP contribution >= 0.6 is 11.8 Å². The Hall–Kier alpha value is -1.57. The summed E-state index contributed by atoms with van der Waals surface area (Å²) >= 11 is 1.53. The first-order chi connectivity index (χ1) is 10.7. The van der Waals surface area contributed by atoms with Gasteiger partial charge in [-0.25, -0.2) is 0 Å². The van der Waals surface area contributed by atoms with E-state index in [-0.39, 0.29) is 55.0 Å². The molecule has 0 radical (unpaired) electrons. The van der Waals surface area contributed by atoms with Crippen molar-refractivity contribution < 1.29 is 19.2 Å². The highest BCUT2D eigenvalue weighted by molar-refractivity contribution is 7.99. The van der Waals surface area contributed by atoms with Gasteiger partial charge in [0.05, 0.1) is 5.88 Å². The molecule has 2 heterocycles. The number of thioether (sulfide) groups is 1. The van der Waals surface area contributed by atoms with Gasteiger partial charge in [-0.2, -0.15) is 0 Å². The third-order valence-corrected chi connectivity index (χ3v) is 4.72. The van der Waals surface area contributed by atoms with Crippen molar-refractivity contribution in [3.05, 3.63) is 0 Å². The van der Waals surface area contributed by atoms with Crippen molar-refractivity contribution in [1.82, 2.24) is 15.1 Å². The Morgan fingerprint density at radius 1 is 1.22 bits per heavy atom. The van der Waals surface area contributed by atoms with E-state index in [0.717, 1.165) is 4.90 Å². The second-order valence-electron chi connectivity index (χ2n) is 6.81. The number of rotatable bonds is 4. The van der Waals surface area contributed by atoms with Crippen molar-refractivity contribution in [1.29, 1.82) is 0 Å². The summed E-state index contributed by atoms with van der Waals surface area (Å²) in [5, 5.41) is 2.89. The molecular weight excluding hydrogens is 318 g/mol. The molecule has 0 aromatic carbocycles. The number of likely N-dealkylation sites (tertiary alicyclic amines) is 1. The molecule has 1 atom stereocenters. The molecule has 2 rings (SSSR count). The predicted molar refractivity (Wildman–Crippen MR) is 86.4 cm³/mol. The summed E-state index contributed by atoms with van der Waals surface area (Å²) in [6.45, 7) is 5.78. The maximum absolute atomic E-state index is 12.4. The van der Waals surface area contributed by atoms with Crippen LogP contribution in [-0.4, -0.2) is 63.2 Å². The van der Waals surface area contributed by atoms with Gasteiger partial charge < -0.3 is 10.2 Å². The molecule has 4 amide bonds. The molecule has 0 saturated carbocycles. The highest BCUT2D eigenvalue weighted by Crippen LogP contribution is 2.23. The van der Waals surface area contributed by atoms with Gasteiger partial charge in [0, 0.05) is 37.1 Å². The van der Waals surface area contributed by atoms with Gasteiger partial charge in [0.2, 0.25) is 23.6 Å². The van der Waals surface area contributed by atoms with Crippen LogP contribution in [0.5, 0.6) is 0 Å². The van der Waals surface area contributed by atoms with E-state index in [1.165, 1.54) is 16.7 Å². The van der Waals surface area contributed by atoms with Crippen LogP contribution in [-0.2, 0) is 19.2 Å². The SMILES string of the molecule is CC(C)(C)NC(=O)[C@@H]1CSCN1C(=O)CCN1C(=O)CCC1=O. The van der Waals surface area contributed by atoms with Crippen molar-refractivity contribution in [3.63, 3.8) is 0 Å². The molecule has 2 saturated heterocycles. The summed E-state index contributed by atoms with van der Waals surface area (Å²) in [5.74, 6) is 0.222. The van der Waals surface area contributed by atoms with Gasteiger partial charge in [0.1, 0.15) is 6.04 Å². The molecule has 0 aliphatic carbocycles. The fraction of sp³-hybridized carbons (Fsp3) is 0.733. The average molecular weight is 341 g/mol. The normalized spacial score (nSPS) is 22.0. The highest BCUT2D eigenvalue weighted by atomic mass is 32.2. The molecule has 7 nitrogen and oxygen atoms in total. The monoisotopic (exact) mass is 341 g/mol. The number of hydrogen-bond acceptors (Lipinski definition) is 5. The molecule has 2 fully saturated rings. The topological polar surface area (TPSA) is 86.8 Å².